The number of amides is 1. The molecule has 6 heteroatoms. The third kappa shape index (κ3) is 2.85. The third-order valence-electron chi connectivity index (χ3n) is 4.14. The lowest BCUT2D eigenvalue weighted by atomic mass is 9.92. The summed E-state index contributed by atoms with van der Waals surface area (Å²) in [6.45, 7) is 4.93. The molecule has 0 spiro atoms. The van der Waals surface area contributed by atoms with Crippen molar-refractivity contribution in [1.82, 2.24) is 5.32 Å². The zero-order chi connectivity index (χ0) is 14.9. The van der Waals surface area contributed by atoms with Gasteiger partial charge in [0.15, 0.2) is 0 Å². The van der Waals surface area contributed by atoms with Gasteiger partial charge in [0.05, 0.1) is 10.5 Å². The van der Waals surface area contributed by atoms with Crippen molar-refractivity contribution in [2.75, 3.05) is 6.54 Å². The van der Waals surface area contributed by atoms with Gasteiger partial charge in [0, 0.05) is 12.6 Å². The quantitative estimate of drug-likeness (QED) is 0.658. The van der Waals surface area contributed by atoms with Crippen molar-refractivity contribution in [1.29, 1.82) is 0 Å². The number of nitrogens with one attached hydrogen (secondary N) is 1. The summed E-state index contributed by atoms with van der Waals surface area (Å²) < 4.78 is 0.233. The van der Waals surface area contributed by atoms with Crippen LogP contribution in [0.4, 0.5) is 5.69 Å². The van der Waals surface area contributed by atoms with Gasteiger partial charge in [-0.1, -0.05) is 19.9 Å². The van der Waals surface area contributed by atoms with E-state index in [0.717, 1.165) is 12.8 Å². The Morgan fingerprint density at radius 2 is 2.15 bits per heavy atom. The molecule has 1 aromatic rings. The zero-order valence-electron chi connectivity index (χ0n) is 11.5. The first kappa shape index (κ1) is 15.0. The lowest BCUT2D eigenvalue weighted by Gasteiger charge is -2.20. The van der Waals surface area contributed by atoms with E-state index in [1.54, 1.807) is 6.07 Å². The molecule has 0 saturated heterocycles. The van der Waals surface area contributed by atoms with E-state index in [1.807, 2.05) is 0 Å². The van der Waals surface area contributed by atoms with Crippen LogP contribution in [0.25, 0.3) is 0 Å². The fourth-order valence-corrected chi connectivity index (χ4v) is 2.90. The Hall–Kier alpha value is -1.43. The highest BCUT2D eigenvalue weighted by Gasteiger charge is 2.45. The van der Waals surface area contributed by atoms with Crippen molar-refractivity contribution in [2.24, 2.45) is 11.3 Å². The fraction of sp³-hybridized carbons (Fsp3) is 0.500. The van der Waals surface area contributed by atoms with Gasteiger partial charge in [0.25, 0.3) is 11.6 Å². The Morgan fingerprint density at radius 3 is 2.65 bits per heavy atom. The maximum absolute atomic E-state index is 12.2. The van der Waals surface area contributed by atoms with E-state index >= 15 is 0 Å². The van der Waals surface area contributed by atoms with Crippen LogP contribution in [-0.4, -0.2) is 17.4 Å². The summed E-state index contributed by atoms with van der Waals surface area (Å²) in [7, 11) is 0. The molecular formula is C14H17BrN2O3. The Morgan fingerprint density at radius 1 is 1.50 bits per heavy atom. The predicted octanol–water partition coefficient (Wildman–Crippen LogP) is 3.52. The highest BCUT2D eigenvalue weighted by Crippen LogP contribution is 2.51. The number of hydrogen-bond donors (Lipinski definition) is 1. The maximum atomic E-state index is 12.2. The van der Waals surface area contributed by atoms with Crippen molar-refractivity contribution in [3.63, 3.8) is 0 Å². The van der Waals surface area contributed by atoms with E-state index in [9.17, 15) is 14.9 Å². The van der Waals surface area contributed by atoms with Crippen molar-refractivity contribution in [3.05, 3.63) is 38.3 Å². The molecule has 1 fully saturated rings. The summed E-state index contributed by atoms with van der Waals surface area (Å²) in [6.07, 6.45) is 2.25. The van der Waals surface area contributed by atoms with Crippen LogP contribution in [-0.2, 0) is 0 Å². The Bertz CT molecular complexity index is 553. The third-order valence-corrected chi connectivity index (χ3v) is 4.97. The normalized spacial score (nSPS) is 16.0. The van der Waals surface area contributed by atoms with Crippen LogP contribution in [0.2, 0.25) is 0 Å². The topological polar surface area (TPSA) is 72.2 Å². The summed E-state index contributed by atoms with van der Waals surface area (Å²) in [5, 5.41) is 13.8. The molecule has 0 bridgehead atoms. The van der Waals surface area contributed by atoms with Crippen molar-refractivity contribution in [3.8, 4) is 0 Å². The Labute approximate surface area is 126 Å². The van der Waals surface area contributed by atoms with E-state index in [0.29, 0.717) is 18.0 Å². The first-order valence-corrected chi connectivity index (χ1v) is 7.38. The van der Waals surface area contributed by atoms with E-state index in [1.165, 1.54) is 12.1 Å². The van der Waals surface area contributed by atoms with Crippen LogP contribution in [0.15, 0.2) is 22.7 Å². The molecule has 1 saturated carbocycles. The summed E-state index contributed by atoms with van der Waals surface area (Å²) in [5.74, 6) is 0.254. The molecule has 108 valence electrons. The van der Waals surface area contributed by atoms with Crippen molar-refractivity contribution < 1.29 is 9.72 Å². The van der Waals surface area contributed by atoms with Crippen LogP contribution in [0, 0.1) is 21.4 Å². The van der Waals surface area contributed by atoms with Crippen LogP contribution in [0.5, 0.6) is 0 Å². The van der Waals surface area contributed by atoms with Gasteiger partial charge in [-0.3, -0.25) is 14.9 Å². The first-order chi connectivity index (χ1) is 9.37. The second-order valence-electron chi connectivity index (χ2n) is 5.60. The number of halogens is 1. The van der Waals surface area contributed by atoms with Gasteiger partial charge < -0.3 is 5.32 Å². The van der Waals surface area contributed by atoms with E-state index in [4.69, 9.17) is 0 Å². The second-order valence-corrected chi connectivity index (χ2v) is 6.39. The summed E-state index contributed by atoms with van der Waals surface area (Å²) >= 11 is 3.14. The molecule has 1 aliphatic rings. The maximum Gasteiger partial charge on any atom is 0.284 e. The monoisotopic (exact) mass is 340 g/mol. The molecule has 0 atom stereocenters. The summed E-state index contributed by atoms with van der Waals surface area (Å²) in [4.78, 5) is 22.5. The predicted molar refractivity (Wildman–Crippen MR) is 79.6 cm³/mol. The van der Waals surface area contributed by atoms with Gasteiger partial charge in [0.2, 0.25) is 0 Å². The summed E-state index contributed by atoms with van der Waals surface area (Å²) in [6, 6.07) is 4.48. The number of nitro groups is 1. The largest absolute Gasteiger partial charge is 0.351 e. The molecule has 2 rings (SSSR count). The van der Waals surface area contributed by atoms with Crippen LogP contribution in [0.3, 0.4) is 0 Å². The number of nitro benzene ring substituents is 1. The van der Waals surface area contributed by atoms with Gasteiger partial charge in [-0.15, -0.1) is 0 Å². The summed E-state index contributed by atoms with van der Waals surface area (Å²) in [5.41, 5.74) is 0.421. The fourth-order valence-electron chi connectivity index (χ4n) is 2.31. The standard InChI is InChI=1S/C14H17BrN2O3/c1-9(2)14(6-7-14)8-16-13(18)10-4-3-5-11(12(10)15)17(19)20/h3-5,9H,6-8H2,1-2H3,(H,16,18). The molecule has 0 unspecified atom stereocenters. The average Bonchev–Trinajstić information content (AvgIpc) is 3.17. The Kier molecular flexibility index (Phi) is 4.13. The number of nitrogens with zero attached hydrogens (tertiary/aromatic N) is 1. The molecule has 1 amide bonds. The van der Waals surface area contributed by atoms with E-state index in [-0.39, 0.29) is 21.5 Å². The molecule has 20 heavy (non-hydrogen) atoms. The first-order valence-electron chi connectivity index (χ1n) is 6.58. The van der Waals surface area contributed by atoms with Gasteiger partial charge in [-0.05, 0) is 46.2 Å². The van der Waals surface area contributed by atoms with Crippen molar-refractivity contribution >= 4 is 27.5 Å². The number of carbonyl (C=O) groups is 1. The molecule has 0 aliphatic heterocycles. The van der Waals surface area contributed by atoms with E-state index in [2.05, 4.69) is 35.1 Å². The lowest BCUT2D eigenvalue weighted by Crippen LogP contribution is -2.32. The number of carbonyl (C=O) groups excluding carboxylic acids is 1. The number of benzene rings is 1. The minimum absolute atomic E-state index is 0.0948. The lowest BCUT2D eigenvalue weighted by molar-refractivity contribution is -0.385. The highest BCUT2D eigenvalue weighted by atomic mass is 79.9. The van der Waals surface area contributed by atoms with Crippen LogP contribution < -0.4 is 5.32 Å². The number of hydrogen-bond acceptors (Lipinski definition) is 3. The highest BCUT2D eigenvalue weighted by molar-refractivity contribution is 9.10. The van der Waals surface area contributed by atoms with Gasteiger partial charge in [0.1, 0.15) is 4.47 Å². The molecule has 5 nitrogen and oxygen atoms in total. The SMILES string of the molecule is CC(C)C1(CNC(=O)c2cccc([N+](=O)[O-])c2Br)CC1. The Balaban J connectivity index is 2.10. The molecule has 1 N–H and O–H groups in total. The van der Waals surface area contributed by atoms with Crippen molar-refractivity contribution in [2.45, 2.75) is 26.7 Å². The smallest absolute Gasteiger partial charge is 0.284 e. The van der Waals surface area contributed by atoms with Gasteiger partial charge in [-0.2, -0.15) is 0 Å². The molecule has 1 aliphatic carbocycles. The molecule has 0 radical (unpaired) electrons. The van der Waals surface area contributed by atoms with Crippen LogP contribution in [0.1, 0.15) is 37.0 Å². The minimum Gasteiger partial charge on any atom is -0.351 e. The van der Waals surface area contributed by atoms with Crippen LogP contribution >= 0.6 is 15.9 Å². The van der Waals surface area contributed by atoms with Gasteiger partial charge >= 0.3 is 0 Å². The minimum atomic E-state index is -0.503. The molecule has 0 aromatic heterocycles. The second kappa shape index (κ2) is 5.52. The van der Waals surface area contributed by atoms with E-state index < -0.39 is 4.92 Å². The molecular weight excluding hydrogens is 324 g/mol. The zero-order valence-corrected chi connectivity index (χ0v) is 13.1. The number of rotatable bonds is 5. The van der Waals surface area contributed by atoms with Gasteiger partial charge in [-0.25, -0.2) is 0 Å². The molecule has 0 heterocycles. The average molecular weight is 341 g/mol. The molecule has 1 aromatic carbocycles.